The van der Waals surface area contributed by atoms with Crippen molar-refractivity contribution in [2.45, 2.75) is 13.3 Å². The van der Waals surface area contributed by atoms with Crippen molar-refractivity contribution in [2.75, 3.05) is 0 Å². The predicted molar refractivity (Wildman–Crippen MR) is 44.8 cm³/mol. The van der Waals surface area contributed by atoms with Gasteiger partial charge in [0.15, 0.2) is 0 Å². The molecule has 1 aromatic rings. The Morgan fingerprint density at radius 2 is 2.30 bits per heavy atom. The highest BCUT2D eigenvalue weighted by Crippen LogP contribution is 1.95. The first-order valence-electron chi connectivity index (χ1n) is 3.55. The summed E-state index contributed by atoms with van der Waals surface area (Å²) in [5.74, 6) is 0. The minimum Gasteiger partial charge on any atom is -0.449 e. The molecule has 1 rings (SSSR count). The Bertz CT molecular complexity index is 191. The van der Waals surface area contributed by atoms with E-state index in [0.717, 1.165) is 11.9 Å². The molecule has 0 radical (unpaired) electrons. The summed E-state index contributed by atoms with van der Waals surface area (Å²) in [4.78, 5) is 0. The summed E-state index contributed by atoms with van der Waals surface area (Å²) in [6.07, 6.45) is 1.04. The molecule has 0 fully saturated rings. The van der Waals surface area contributed by atoms with Crippen LogP contribution in [0.25, 0.3) is 0 Å². The van der Waals surface area contributed by atoms with Gasteiger partial charge in [-0.05, 0) is 12.0 Å². The monoisotopic (exact) mass is 134 g/mol. The second-order valence-corrected chi connectivity index (χ2v) is 2.33. The Kier molecular flexibility index (Phi) is 2.52. The number of aryl methyl sites for hydroxylation is 1. The molecule has 10 heavy (non-hydrogen) atoms. The maximum atomic E-state index is 8.76. The molecule has 0 aliphatic heterocycles. The lowest BCUT2D eigenvalue weighted by atomic mass is 9.87. The second kappa shape index (κ2) is 3.42. The van der Waals surface area contributed by atoms with Crippen molar-refractivity contribution in [1.82, 2.24) is 0 Å². The predicted octanol–water partition coefficient (Wildman–Crippen LogP) is 0.218. The van der Waals surface area contributed by atoms with Gasteiger partial charge in [-0.2, -0.15) is 0 Å². The van der Waals surface area contributed by atoms with Crippen molar-refractivity contribution in [3.05, 3.63) is 29.8 Å². The Morgan fingerprint density at radius 3 is 2.90 bits per heavy atom. The Hall–Kier alpha value is -0.755. The van der Waals surface area contributed by atoms with Gasteiger partial charge in [0, 0.05) is 0 Å². The fourth-order valence-corrected chi connectivity index (χ4v) is 0.948. The lowest BCUT2D eigenvalue weighted by Crippen LogP contribution is -2.13. The largest absolute Gasteiger partial charge is 0.449 e. The lowest BCUT2D eigenvalue weighted by Gasteiger charge is -1.97. The Balaban J connectivity index is 2.87. The molecule has 0 heterocycles. The molecular weight excluding hydrogens is 123 g/mol. The maximum Gasteiger partial charge on any atom is 0.304 e. The molecule has 0 aliphatic rings. The third kappa shape index (κ3) is 1.61. The van der Waals surface area contributed by atoms with E-state index in [2.05, 4.69) is 13.0 Å². The minimum absolute atomic E-state index is 0.147. The van der Waals surface area contributed by atoms with Gasteiger partial charge in [0.05, 0.1) is 0 Å². The van der Waals surface area contributed by atoms with Crippen LogP contribution in [-0.4, -0.2) is 12.5 Å². The Morgan fingerprint density at radius 1 is 1.50 bits per heavy atom. The van der Waals surface area contributed by atoms with Gasteiger partial charge in [0.25, 0.3) is 0 Å². The molecular formula is C8H11BO. The molecule has 1 aromatic carbocycles. The van der Waals surface area contributed by atoms with E-state index in [1.54, 1.807) is 0 Å². The van der Waals surface area contributed by atoms with Crippen LogP contribution in [0, 0.1) is 0 Å². The molecule has 0 saturated carbocycles. The highest BCUT2D eigenvalue weighted by atomic mass is 16.2. The summed E-state index contributed by atoms with van der Waals surface area (Å²) in [7, 11) is 0.147. The van der Waals surface area contributed by atoms with E-state index in [9.17, 15) is 0 Å². The summed E-state index contributed by atoms with van der Waals surface area (Å²) < 4.78 is 0. The van der Waals surface area contributed by atoms with Crippen molar-refractivity contribution >= 4 is 12.9 Å². The van der Waals surface area contributed by atoms with Crippen LogP contribution in [0.15, 0.2) is 24.3 Å². The van der Waals surface area contributed by atoms with Crippen LogP contribution in [-0.2, 0) is 6.42 Å². The first-order valence-corrected chi connectivity index (χ1v) is 3.55. The topological polar surface area (TPSA) is 20.2 Å². The lowest BCUT2D eigenvalue weighted by molar-refractivity contribution is 0.615. The number of hydrogen-bond acceptors (Lipinski definition) is 1. The van der Waals surface area contributed by atoms with Crippen molar-refractivity contribution in [2.24, 2.45) is 0 Å². The highest BCUT2D eigenvalue weighted by molar-refractivity contribution is 6.45. The van der Waals surface area contributed by atoms with E-state index in [0.29, 0.717) is 0 Å². The van der Waals surface area contributed by atoms with Crippen LogP contribution in [0.1, 0.15) is 12.5 Å². The molecule has 0 amide bonds. The van der Waals surface area contributed by atoms with Crippen LogP contribution in [0.2, 0.25) is 0 Å². The van der Waals surface area contributed by atoms with Gasteiger partial charge in [0.2, 0.25) is 0 Å². The normalized spacial score (nSPS) is 9.40. The minimum atomic E-state index is 0.147. The van der Waals surface area contributed by atoms with E-state index in [1.807, 2.05) is 18.2 Å². The van der Waals surface area contributed by atoms with Gasteiger partial charge >= 0.3 is 7.48 Å². The Labute approximate surface area is 62.0 Å². The maximum absolute atomic E-state index is 8.76. The van der Waals surface area contributed by atoms with Crippen molar-refractivity contribution in [3.8, 4) is 0 Å². The van der Waals surface area contributed by atoms with E-state index in [4.69, 9.17) is 5.02 Å². The van der Waals surface area contributed by atoms with Crippen LogP contribution in [0.5, 0.6) is 0 Å². The average Bonchev–Trinajstić information content (AvgIpc) is 2.05. The van der Waals surface area contributed by atoms with Crippen molar-refractivity contribution < 1.29 is 5.02 Å². The quantitative estimate of drug-likeness (QED) is 0.573. The third-order valence-electron chi connectivity index (χ3n) is 1.58. The zero-order valence-electron chi connectivity index (χ0n) is 6.17. The van der Waals surface area contributed by atoms with Gasteiger partial charge < -0.3 is 5.02 Å². The average molecular weight is 134 g/mol. The van der Waals surface area contributed by atoms with E-state index < -0.39 is 0 Å². The van der Waals surface area contributed by atoms with E-state index in [1.165, 1.54) is 5.56 Å². The summed E-state index contributed by atoms with van der Waals surface area (Å²) in [6, 6.07) is 8.00. The van der Waals surface area contributed by atoms with Crippen LogP contribution < -0.4 is 5.46 Å². The molecule has 2 heteroatoms. The van der Waals surface area contributed by atoms with Crippen molar-refractivity contribution in [3.63, 3.8) is 0 Å². The summed E-state index contributed by atoms with van der Waals surface area (Å²) in [5, 5.41) is 8.76. The smallest absolute Gasteiger partial charge is 0.304 e. The first-order chi connectivity index (χ1) is 4.86. The van der Waals surface area contributed by atoms with E-state index >= 15 is 0 Å². The van der Waals surface area contributed by atoms with Crippen LogP contribution in [0.3, 0.4) is 0 Å². The summed E-state index contributed by atoms with van der Waals surface area (Å²) in [6.45, 7) is 2.11. The standard InChI is InChI=1S/C8H11BO/c1-2-7-4-3-5-8(6-7)9-10/h3-6,9-10H,2H2,1H3. The number of hydrogen-bond donors (Lipinski definition) is 1. The van der Waals surface area contributed by atoms with Gasteiger partial charge in [0.1, 0.15) is 0 Å². The molecule has 0 aliphatic carbocycles. The summed E-state index contributed by atoms with van der Waals surface area (Å²) in [5.41, 5.74) is 2.28. The summed E-state index contributed by atoms with van der Waals surface area (Å²) >= 11 is 0. The van der Waals surface area contributed by atoms with Gasteiger partial charge in [-0.25, -0.2) is 0 Å². The second-order valence-electron chi connectivity index (χ2n) is 2.33. The molecule has 0 bridgehead atoms. The van der Waals surface area contributed by atoms with Gasteiger partial charge in [-0.1, -0.05) is 36.7 Å². The van der Waals surface area contributed by atoms with Crippen LogP contribution >= 0.6 is 0 Å². The molecule has 52 valence electrons. The molecule has 0 saturated heterocycles. The molecule has 0 spiro atoms. The third-order valence-corrected chi connectivity index (χ3v) is 1.58. The number of benzene rings is 1. The van der Waals surface area contributed by atoms with Gasteiger partial charge in [-0.3, -0.25) is 0 Å². The fraction of sp³-hybridized carbons (Fsp3) is 0.250. The molecule has 0 aromatic heterocycles. The molecule has 0 atom stereocenters. The van der Waals surface area contributed by atoms with Crippen molar-refractivity contribution in [1.29, 1.82) is 0 Å². The zero-order chi connectivity index (χ0) is 7.40. The first kappa shape index (κ1) is 7.35. The zero-order valence-corrected chi connectivity index (χ0v) is 6.17. The van der Waals surface area contributed by atoms with Crippen LogP contribution in [0.4, 0.5) is 0 Å². The fourth-order valence-electron chi connectivity index (χ4n) is 0.948. The molecule has 1 N–H and O–H groups in total. The molecule has 0 unspecified atom stereocenters. The SMILES string of the molecule is CCc1cccc(BO)c1. The molecule has 1 nitrogen and oxygen atoms in total. The highest BCUT2D eigenvalue weighted by Gasteiger charge is 1.92. The van der Waals surface area contributed by atoms with E-state index in [-0.39, 0.29) is 7.48 Å². The number of rotatable bonds is 2. The van der Waals surface area contributed by atoms with Gasteiger partial charge in [-0.15, -0.1) is 0 Å².